The quantitative estimate of drug-likeness (QED) is 0.774. The summed E-state index contributed by atoms with van der Waals surface area (Å²) in [6.45, 7) is 4.53. The van der Waals surface area contributed by atoms with E-state index in [4.69, 9.17) is 5.73 Å². The first-order valence-electron chi connectivity index (χ1n) is 4.55. The number of halogens is 1. The Morgan fingerprint density at radius 2 is 2.08 bits per heavy atom. The summed E-state index contributed by atoms with van der Waals surface area (Å²) >= 11 is 2.07. The zero-order valence-electron chi connectivity index (χ0n) is 7.95. The summed E-state index contributed by atoms with van der Waals surface area (Å²) in [5.74, 6) is 2.24. The van der Waals surface area contributed by atoms with Crippen LogP contribution in [0.25, 0.3) is 0 Å². The molecule has 12 heavy (non-hydrogen) atoms. The molecule has 2 N–H and O–H groups in total. The molecule has 0 saturated heterocycles. The fraction of sp³-hybridized carbons (Fsp3) is 1.00. The molecule has 0 aromatic carbocycles. The molecule has 1 aliphatic carbocycles. The van der Waals surface area contributed by atoms with E-state index in [1.165, 1.54) is 25.0 Å². The third-order valence-corrected chi connectivity index (χ3v) is 3.58. The van der Waals surface area contributed by atoms with Crippen molar-refractivity contribution in [3.05, 3.63) is 0 Å². The summed E-state index contributed by atoms with van der Waals surface area (Å²) < 4.78 is 0. The van der Waals surface area contributed by atoms with Gasteiger partial charge in [-0.1, -0.05) is 13.8 Å². The van der Waals surface area contributed by atoms with Gasteiger partial charge < -0.3 is 5.73 Å². The first-order chi connectivity index (χ1) is 5.18. The molecule has 1 nitrogen and oxygen atoms in total. The highest BCUT2D eigenvalue weighted by Crippen LogP contribution is 2.28. The van der Waals surface area contributed by atoms with Gasteiger partial charge in [0.25, 0.3) is 0 Å². The van der Waals surface area contributed by atoms with Crippen LogP contribution >= 0.6 is 24.2 Å². The molecule has 3 heteroatoms. The molecule has 0 unspecified atom stereocenters. The molecular formula is C9H20ClNS. The Kier molecular flexibility index (Phi) is 6.42. The van der Waals surface area contributed by atoms with Gasteiger partial charge in [-0.25, -0.2) is 0 Å². The smallest absolute Gasteiger partial charge is 0.00418 e. The van der Waals surface area contributed by atoms with Gasteiger partial charge in [0.15, 0.2) is 0 Å². The van der Waals surface area contributed by atoms with E-state index >= 15 is 0 Å². The maximum atomic E-state index is 5.82. The monoisotopic (exact) mass is 209 g/mol. The molecular weight excluding hydrogens is 190 g/mol. The Balaban J connectivity index is 0.00000121. The average Bonchev–Trinajstić information content (AvgIpc) is 2.31. The molecule has 0 aromatic heterocycles. The van der Waals surface area contributed by atoms with Gasteiger partial charge in [-0.2, -0.15) is 11.8 Å². The lowest BCUT2D eigenvalue weighted by molar-refractivity contribution is 0.603. The van der Waals surface area contributed by atoms with Crippen molar-refractivity contribution in [2.24, 2.45) is 11.7 Å². The second-order valence-corrected chi connectivity index (χ2v) is 5.43. The van der Waals surface area contributed by atoms with E-state index in [-0.39, 0.29) is 12.4 Å². The topological polar surface area (TPSA) is 26.0 Å². The molecule has 1 aliphatic rings. The van der Waals surface area contributed by atoms with Crippen LogP contribution in [0.2, 0.25) is 0 Å². The number of nitrogens with two attached hydrogens (primary N) is 1. The Hall–Kier alpha value is 0.600. The Bertz CT molecular complexity index is 119. The minimum absolute atomic E-state index is 0. The van der Waals surface area contributed by atoms with Gasteiger partial charge in [-0.05, 0) is 36.2 Å². The minimum atomic E-state index is 0. The molecule has 0 radical (unpaired) electrons. The predicted octanol–water partition coefficient (Wildman–Crippen LogP) is 2.68. The van der Waals surface area contributed by atoms with Crippen molar-refractivity contribution in [2.45, 2.75) is 44.4 Å². The number of rotatable bonds is 3. The van der Waals surface area contributed by atoms with E-state index in [1.807, 2.05) is 0 Å². The molecule has 0 bridgehead atoms. The molecule has 2 atom stereocenters. The normalized spacial score (nSPS) is 29.0. The van der Waals surface area contributed by atoms with Crippen LogP contribution in [0.4, 0.5) is 0 Å². The van der Waals surface area contributed by atoms with E-state index in [2.05, 4.69) is 25.6 Å². The van der Waals surface area contributed by atoms with Gasteiger partial charge in [0, 0.05) is 6.04 Å². The van der Waals surface area contributed by atoms with Crippen LogP contribution < -0.4 is 5.73 Å². The Morgan fingerprint density at radius 1 is 1.42 bits per heavy atom. The molecule has 1 fully saturated rings. The van der Waals surface area contributed by atoms with E-state index in [1.54, 1.807) is 0 Å². The van der Waals surface area contributed by atoms with Gasteiger partial charge in [0.2, 0.25) is 0 Å². The zero-order chi connectivity index (χ0) is 8.27. The predicted molar refractivity (Wildman–Crippen MR) is 60.2 cm³/mol. The Labute approximate surface area is 86.3 Å². The first kappa shape index (κ1) is 12.6. The van der Waals surface area contributed by atoms with Crippen molar-refractivity contribution < 1.29 is 0 Å². The van der Waals surface area contributed by atoms with Gasteiger partial charge in [-0.15, -0.1) is 12.4 Å². The molecule has 1 saturated carbocycles. The summed E-state index contributed by atoms with van der Waals surface area (Å²) in [4.78, 5) is 0. The highest BCUT2D eigenvalue weighted by atomic mass is 35.5. The molecule has 1 rings (SSSR count). The highest BCUT2D eigenvalue weighted by molar-refractivity contribution is 7.99. The maximum absolute atomic E-state index is 5.82. The number of thioether (sulfide) groups is 1. The number of hydrogen-bond acceptors (Lipinski definition) is 2. The van der Waals surface area contributed by atoms with Gasteiger partial charge in [-0.3, -0.25) is 0 Å². The van der Waals surface area contributed by atoms with Crippen LogP contribution in [0.15, 0.2) is 0 Å². The lowest BCUT2D eigenvalue weighted by atomic mass is 10.1. The van der Waals surface area contributed by atoms with Crippen LogP contribution in [0.1, 0.15) is 33.1 Å². The second-order valence-electron chi connectivity index (χ2n) is 3.82. The molecule has 0 heterocycles. The van der Waals surface area contributed by atoms with Crippen LogP contribution in [-0.4, -0.2) is 17.0 Å². The lowest BCUT2D eigenvalue weighted by Crippen LogP contribution is -2.15. The molecule has 0 amide bonds. The minimum Gasteiger partial charge on any atom is -0.328 e. The van der Waals surface area contributed by atoms with Crippen molar-refractivity contribution in [2.75, 3.05) is 5.75 Å². The maximum Gasteiger partial charge on any atom is 0.00418 e. The second kappa shape index (κ2) is 6.11. The molecule has 0 aromatic rings. The van der Waals surface area contributed by atoms with Gasteiger partial charge in [0.1, 0.15) is 0 Å². The van der Waals surface area contributed by atoms with Crippen molar-refractivity contribution in [3.8, 4) is 0 Å². The molecule has 0 aliphatic heterocycles. The van der Waals surface area contributed by atoms with Crippen molar-refractivity contribution in [1.82, 2.24) is 0 Å². The van der Waals surface area contributed by atoms with Crippen LogP contribution in [0, 0.1) is 5.92 Å². The van der Waals surface area contributed by atoms with E-state index in [9.17, 15) is 0 Å². The lowest BCUT2D eigenvalue weighted by Gasteiger charge is -2.10. The number of hydrogen-bond donors (Lipinski definition) is 1. The van der Waals surface area contributed by atoms with Crippen LogP contribution in [0.5, 0.6) is 0 Å². The van der Waals surface area contributed by atoms with Gasteiger partial charge in [0.05, 0.1) is 0 Å². The Morgan fingerprint density at radius 3 is 2.50 bits per heavy atom. The van der Waals surface area contributed by atoms with Crippen LogP contribution in [-0.2, 0) is 0 Å². The van der Waals surface area contributed by atoms with Crippen molar-refractivity contribution in [3.63, 3.8) is 0 Å². The summed E-state index contributed by atoms with van der Waals surface area (Å²) in [5, 5.41) is 0.784. The van der Waals surface area contributed by atoms with Crippen molar-refractivity contribution in [1.29, 1.82) is 0 Å². The first-order valence-corrected chi connectivity index (χ1v) is 5.60. The summed E-state index contributed by atoms with van der Waals surface area (Å²) in [6.07, 6.45) is 3.88. The fourth-order valence-electron chi connectivity index (χ4n) is 1.59. The van der Waals surface area contributed by atoms with Crippen molar-refractivity contribution >= 4 is 24.2 Å². The standard InChI is InChI=1S/C9H19NS.ClH/c1-7(2)11-6-8-3-4-9(10)5-8;/h7-9H,3-6,10H2,1-2H3;1H/t8-,9+;/m1./s1. The third kappa shape index (κ3) is 4.58. The molecule has 74 valence electrons. The van der Waals surface area contributed by atoms with E-state index in [0.29, 0.717) is 6.04 Å². The third-order valence-electron chi connectivity index (χ3n) is 2.25. The largest absolute Gasteiger partial charge is 0.328 e. The zero-order valence-corrected chi connectivity index (χ0v) is 9.59. The van der Waals surface area contributed by atoms with E-state index < -0.39 is 0 Å². The SMILES string of the molecule is CC(C)SC[C@@H]1CC[C@H](N)C1.Cl. The fourth-order valence-corrected chi connectivity index (χ4v) is 2.55. The summed E-state index contributed by atoms with van der Waals surface area (Å²) in [5.41, 5.74) is 5.82. The average molecular weight is 210 g/mol. The van der Waals surface area contributed by atoms with E-state index in [0.717, 1.165) is 11.2 Å². The molecule has 0 spiro atoms. The summed E-state index contributed by atoms with van der Waals surface area (Å²) in [6, 6.07) is 0.507. The summed E-state index contributed by atoms with van der Waals surface area (Å²) in [7, 11) is 0. The van der Waals surface area contributed by atoms with Crippen LogP contribution in [0.3, 0.4) is 0 Å². The highest BCUT2D eigenvalue weighted by Gasteiger charge is 2.21. The van der Waals surface area contributed by atoms with Gasteiger partial charge >= 0.3 is 0 Å².